The number of hydrogen-bond acceptors (Lipinski definition) is 4. The van der Waals surface area contributed by atoms with E-state index in [0.29, 0.717) is 12.8 Å². The van der Waals surface area contributed by atoms with Crippen LogP contribution in [0.3, 0.4) is 0 Å². The minimum Gasteiger partial charge on any atom is -0.462 e. The predicted molar refractivity (Wildman–Crippen MR) is 100 cm³/mol. The predicted octanol–water partition coefficient (Wildman–Crippen LogP) is 3.91. The average Bonchev–Trinajstić information content (AvgIpc) is 2.94. The second kappa shape index (κ2) is 6.19. The molecule has 3 rings (SSSR count). The number of ether oxygens (including phenoxy) is 1. The van der Waals surface area contributed by atoms with Gasteiger partial charge in [-0.15, -0.1) is 6.58 Å². The van der Waals surface area contributed by atoms with Crippen molar-refractivity contribution in [1.82, 2.24) is 0 Å². The van der Waals surface area contributed by atoms with Crippen LogP contribution in [0.2, 0.25) is 0 Å². The van der Waals surface area contributed by atoms with Crippen molar-refractivity contribution in [3.05, 3.63) is 12.7 Å². The molecule has 0 aromatic carbocycles. The lowest BCUT2D eigenvalue weighted by atomic mass is 9.44. The van der Waals surface area contributed by atoms with Gasteiger partial charge in [0.25, 0.3) is 0 Å². The van der Waals surface area contributed by atoms with E-state index in [4.69, 9.17) is 4.74 Å². The third-order valence-corrected chi connectivity index (χ3v) is 8.61. The lowest BCUT2D eigenvalue weighted by molar-refractivity contribution is -0.205. The summed E-state index contributed by atoms with van der Waals surface area (Å²) >= 11 is 0. The third kappa shape index (κ3) is 2.44. The molecule has 0 heterocycles. The van der Waals surface area contributed by atoms with Crippen molar-refractivity contribution in [3.8, 4) is 0 Å². The summed E-state index contributed by atoms with van der Waals surface area (Å²) in [4.78, 5) is 25.0. The van der Waals surface area contributed by atoms with Crippen LogP contribution in [0.1, 0.15) is 66.7 Å². The van der Waals surface area contributed by atoms with Crippen LogP contribution in [-0.4, -0.2) is 29.1 Å². The van der Waals surface area contributed by atoms with Crippen molar-refractivity contribution in [2.24, 2.45) is 34.0 Å². The summed E-state index contributed by atoms with van der Waals surface area (Å²) in [5.41, 5.74) is -1.17. The van der Waals surface area contributed by atoms with Gasteiger partial charge in [-0.3, -0.25) is 9.59 Å². The molecule has 3 aliphatic rings. The van der Waals surface area contributed by atoms with E-state index in [1.807, 2.05) is 13.0 Å². The number of carbonyl (C=O) groups is 2. The zero-order valence-corrected chi connectivity index (χ0v) is 16.9. The van der Waals surface area contributed by atoms with Crippen molar-refractivity contribution in [1.29, 1.82) is 0 Å². The summed E-state index contributed by atoms with van der Waals surface area (Å²) in [5.74, 6) is 0.106. The van der Waals surface area contributed by atoms with Gasteiger partial charge in [0.1, 0.15) is 11.9 Å². The van der Waals surface area contributed by atoms with E-state index in [9.17, 15) is 14.7 Å². The molecule has 0 radical (unpaired) electrons. The lowest BCUT2D eigenvalue weighted by Gasteiger charge is -2.61. The Morgan fingerprint density at radius 1 is 1.31 bits per heavy atom. The van der Waals surface area contributed by atoms with E-state index in [1.54, 1.807) is 0 Å². The molecule has 0 aromatic rings. The number of rotatable bonds is 2. The Labute approximate surface area is 157 Å². The Kier molecular flexibility index (Phi) is 4.66. The van der Waals surface area contributed by atoms with Crippen LogP contribution < -0.4 is 0 Å². The number of aliphatic hydroxyl groups excluding tert-OH is 1. The maximum absolute atomic E-state index is 13.1. The molecular weight excluding hydrogens is 328 g/mol. The van der Waals surface area contributed by atoms with Gasteiger partial charge in [-0.1, -0.05) is 33.8 Å². The van der Waals surface area contributed by atoms with Gasteiger partial charge in [0.2, 0.25) is 0 Å². The molecule has 146 valence electrons. The summed E-state index contributed by atoms with van der Waals surface area (Å²) < 4.78 is 5.87. The van der Waals surface area contributed by atoms with Crippen molar-refractivity contribution in [2.75, 3.05) is 0 Å². The second-order valence-electron chi connectivity index (χ2n) is 9.68. The Bertz CT molecular complexity index is 628. The molecule has 3 aliphatic carbocycles. The zero-order chi connectivity index (χ0) is 19.5. The summed E-state index contributed by atoms with van der Waals surface area (Å²) in [6.07, 6.45) is 4.68. The molecule has 0 aliphatic heterocycles. The van der Waals surface area contributed by atoms with Gasteiger partial charge in [0, 0.05) is 30.1 Å². The first-order chi connectivity index (χ1) is 12.0. The van der Waals surface area contributed by atoms with E-state index in [-0.39, 0.29) is 34.9 Å². The van der Waals surface area contributed by atoms with E-state index in [2.05, 4.69) is 27.4 Å². The molecule has 0 aromatic heterocycles. The number of carbonyl (C=O) groups excluding carboxylic acids is 2. The number of Topliss-reactive ketones (excluding diaryl/α,β-unsaturated/α-hetero) is 1. The molecule has 1 unspecified atom stereocenters. The van der Waals surface area contributed by atoms with Crippen LogP contribution in [-0.2, 0) is 14.3 Å². The smallest absolute Gasteiger partial charge is 0.302 e. The maximum Gasteiger partial charge on any atom is 0.302 e. The Balaban J connectivity index is 2.23. The van der Waals surface area contributed by atoms with E-state index in [0.717, 1.165) is 19.3 Å². The first-order valence-corrected chi connectivity index (χ1v) is 10.0. The van der Waals surface area contributed by atoms with Gasteiger partial charge in [-0.2, -0.15) is 0 Å². The fourth-order valence-electron chi connectivity index (χ4n) is 6.70. The summed E-state index contributed by atoms with van der Waals surface area (Å²) in [7, 11) is 0. The third-order valence-electron chi connectivity index (χ3n) is 8.61. The van der Waals surface area contributed by atoms with Gasteiger partial charge >= 0.3 is 5.97 Å². The molecule has 4 nitrogen and oxygen atoms in total. The van der Waals surface area contributed by atoms with Gasteiger partial charge in [0.05, 0.1) is 6.10 Å². The van der Waals surface area contributed by atoms with Crippen molar-refractivity contribution in [3.63, 3.8) is 0 Å². The number of aliphatic hydroxyl groups is 1. The Hall–Kier alpha value is -1.16. The van der Waals surface area contributed by atoms with Crippen molar-refractivity contribution in [2.45, 2.75) is 78.9 Å². The van der Waals surface area contributed by atoms with Crippen LogP contribution >= 0.6 is 0 Å². The van der Waals surface area contributed by atoms with E-state index < -0.39 is 23.0 Å². The molecule has 0 amide bonds. The highest BCUT2D eigenvalue weighted by atomic mass is 16.5. The quantitative estimate of drug-likeness (QED) is 0.597. The molecular formula is C22H34O4. The zero-order valence-electron chi connectivity index (χ0n) is 16.9. The topological polar surface area (TPSA) is 63.6 Å². The first-order valence-electron chi connectivity index (χ1n) is 10.0. The summed E-state index contributed by atoms with van der Waals surface area (Å²) in [5, 5.41) is 11.3. The fraction of sp³-hybridized carbons (Fsp3) is 0.818. The molecule has 8 atom stereocenters. The normalized spacial score (nSPS) is 51.2. The van der Waals surface area contributed by atoms with Crippen molar-refractivity contribution < 1.29 is 19.4 Å². The van der Waals surface area contributed by atoms with Gasteiger partial charge in [-0.25, -0.2) is 0 Å². The highest BCUT2D eigenvalue weighted by Crippen LogP contribution is 2.67. The van der Waals surface area contributed by atoms with Crippen LogP contribution in [0, 0.1) is 34.0 Å². The maximum atomic E-state index is 13.1. The molecule has 26 heavy (non-hydrogen) atoms. The number of hydrogen-bond donors (Lipinski definition) is 1. The largest absolute Gasteiger partial charge is 0.462 e. The molecule has 1 N–H and O–H groups in total. The average molecular weight is 363 g/mol. The monoisotopic (exact) mass is 362 g/mol. The molecule has 2 bridgehead atoms. The summed E-state index contributed by atoms with van der Waals surface area (Å²) in [6, 6.07) is 0. The minimum absolute atomic E-state index is 0.00653. The SMILES string of the molecule is C=C[C@]1(C)C[C@@H](OC(C)=O)[C@]2(C)C(C)CC[C@]3(CCC(=O)[C@H]32)[C@@H](C)[C@@H]1O. The Morgan fingerprint density at radius 3 is 2.54 bits per heavy atom. The second-order valence-corrected chi connectivity index (χ2v) is 9.68. The van der Waals surface area contributed by atoms with Crippen LogP contribution in [0.15, 0.2) is 12.7 Å². The minimum atomic E-state index is -0.607. The molecule has 4 heteroatoms. The lowest BCUT2D eigenvalue weighted by Crippen LogP contribution is -2.63. The molecule has 3 saturated carbocycles. The van der Waals surface area contributed by atoms with E-state index in [1.165, 1.54) is 6.92 Å². The van der Waals surface area contributed by atoms with Crippen LogP contribution in [0.5, 0.6) is 0 Å². The molecule has 0 saturated heterocycles. The van der Waals surface area contributed by atoms with Gasteiger partial charge in [-0.05, 0) is 42.9 Å². The molecule has 0 spiro atoms. The van der Waals surface area contributed by atoms with Crippen molar-refractivity contribution >= 4 is 11.8 Å². The number of ketones is 1. The molecule has 3 fully saturated rings. The number of esters is 1. The highest BCUT2D eigenvalue weighted by Gasteiger charge is 2.68. The highest BCUT2D eigenvalue weighted by molar-refractivity contribution is 5.85. The van der Waals surface area contributed by atoms with E-state index >= 15 is 0 Å². The van der Waals surface area contributed by atoms with Gasteiger partial charge in [0.15, 0.2) is 0 Å². The fourth-order valence-corrected chi connectivity index (χ4v) is 6.70. The Morgan fingerprint density at radius 2 is 1.96 bits per heavy atom. The summed E-state index contributed by atoms with van der Waals surface area (Å²) in [6.45, 7) is 13.9. The standard InChI is InChI=1S/C22H34O4/c1-7-20(5)12-17(26-15(4)23)21(6)13(2)8-10-22(14(3)19(20)25)11-9-16(24)18(21)22/h7,13-14,17-19,25H,1,8-12H2,2-6H3/t13?,14-,17+,18-,19-,20+,21-,22-/m0/s1. The first kappa shape index (κ1) is 19.6. The van der Waals surface area contributed by atoms with Crippen LogP contribution in [0.25, 0.3) is 0 Å². The van der Waals surface area contributed by atoms with Gasteiger partial charge < -0.3 is 9.84 Å². The van der Waals surface area contributed by atoms with Crippen LogP contribution in [0.4, 0.5) is 0 Å².